The predicted octanol–water partition coefficient (Wildman–Crippen LogP) is 3.72. The van der Waals surface area contributed by atoms with Crippen LogP contribution in [-0.2, 0) is 9.53 Å². The first-order chi connectivity index (χ1) is 9.66. The van der Waals surface area contributed by atoms with Gasteiger partial charge in [-0.3, -0.25) is 4.79 Å². The summed E-state index contributed by atoms with van der Waals surface area (Å²) in [5.41, 5.74) is 0.539. The highest BCUT2D eigenvalue weighted by molar-refractivity contribution is 5.88. The van der Waals surface area contributed by atoms with Crippen LogP contribution in [0, 0.1) is 0 Å². The third-order valence-electron chi connectivity index (χ3n) is 4.56. The highest BCUT2D eigenvalue weighted by Crippen LogP contribution is 2.37. The van der Waals surface area contributed by atoms with E-state index in [0.29, 0.717) is 13.0 Å². The molecule has 20 heavy (non-hydrogen) atoms. The van der Waals surface area contributed by atoms with E-state index in [-0.39, 0.29) is 11.7 Å². The van der Waals surface area contributed by atoms with Crippen molar-refractivity contribution >= 4 is 5.78 Å². The predicted molar refractivity (Wildman–Crippen MR) is 79.2 cm³/mol. The molecule has 0 saturated heterocycles. The summed E-state index contributed by atoms with van der Waals surface area (Å²) in [5, 5.41) is 0. The second-order valence-corrected chi connectivity index (χ2v) is 5.40. The summed E-state index contributed by atoms with van der Waals surface area (Å²) in [4.78, 5) is 12.7. The van der Waals surface area contributed by atoms with Crippen molar-refractivity contribution in [2.24, 2.45) is 0 Å². The number of benzene rings is 1. The second kappa shape index (κ2) is 6.40. The van der Waals surface area contributed by atoms with Gasteiger partial charge in [0.2, 0.25) is 0 Å². The number of carbonyl (C=O) groups is 1. The molecule has 2 rings (SSSR count). The van der Waals surface area contributed by atoms with Gasteiger partial charge in [0.15, 0.2) is 5.78 Å². The molecule has 110 valence electrons. The first kappa shape index (κ1) is 15.0. The molecule has 1 atom stereocenters. The first-order valence-corrected chi connectivity index (χ1v) is 7.47. The number of carbonyl (C=O) groups excluding carboxylic acids is 1. The molecule has 0 bridgehead atoms. The van der Waals surface area contributed by atoms with Crippen molar-refractivity contribution in [1.29, 1.82) is 0 Å². The fourth-order valence-electron chi connectivity index (χ4n) is 3.08. The molecule has 1 aliphatic heterocycles. The van der Waals surface area contributed by atoms with Gasteiger partial charge in [-0.2, -0.15) is 0 Å². The number of Topliss-reactive ketones (excluding diaryl/α,β-unsaturated/α-hetero) is 1. The van der Waals surface area contributed by atoms with Gasteiger partial charge in [-0.05, 0) is 36.8 Å². The second-order valence-electron chi connectivity index (χ2n) is 5.40. The Balaban J connectivity index is 2.17. The molecule has 3 nitrogen and oxygen atoms in total. The maximum Gasteiger partial charge on any atom is 0.165 e. The third kappa shape index (κ3) is 2.73. The molecule has 0 fully saturated rings. The lowest BCUT2D eigenvalue weighted by atomic mass is 9.82. The van der Waals surface area contributed by atoms with Gasteiger partial charge in [-0.1, -0.05) is 32.0 Å². The molecule has 0 saturated carbocycles. The zero-order chi connectivity index (χ0) is 14.6. The Bertz CT molecular complexity index is 455. The molecule has 0 aromatic heterocycles. The lowest BCUT2D eigenvalue weighted by molar-refractivity contribution is -0.142. The van der Waals surface area contributed by atoms with Crippen LogP contribution in [0.5, 0.6) is 5.75 Å². The summed E-state index contributed by atoms with van der Waals surface area (Å²) < 4.78 is 11.2. The van der Waals surface area contributed by atoms with Gasteiger partial charge in [0, 0.05) is 13.5 Å². The summed E-state index contributed by atoms with van der Waals surface area (Å²) in [6.45, 7) is 4.72. The van der Waals surface area contributed by atoms with Crippen LogP contribution < -0.4 is 4.74 Å². The van der Waals surface area contributed by atoms with Crippen molar-refractivity contribution in [3.8, 4) is 5.75 Å². The quantitative estimate of drug-likeness (QED) is 0.794. The molecule has 0 radical (unpaired) electrons. The van der Waals surface area contributed by atoms with Crippen LogP contribution in [0.15, 0.2) is 24.3 Å². The van der Waals surface area contributed by atoms with Gasteiger partial charge < -0.3 is 9.47 Å². The first-order valence-electron chi connectivity index (χ1n) is 7.47. The zero-order valence-electron chi connectivity index (χ0n) is 12.6. The van der Waals surface area contributed by atoms with Crippen LogP contribution in [0.2, 0.25) is 0 Å². The van der Waals surface area contributed by atoms with E-state index in [1.807, 2.05) is 32.0 Å². The number of ketones is 1. The molecule has 1 aromatic rings. The van der Waals surface area contributed by atoms with Crippen molar-refractivity contribution in [2.45, 2.75) is 51.0 Å². The average molecular weight is 276 g/mol. The Hall–Kier alpha value is -1.35. The Morgan fingerprint density at radius 1 is 1.35 bits per heavy atom. The maximum absolute atomic E-state index is 12.7. The molecule has 0 amide bonds. The van der Waals surface area contributed by atoms with Gasteiger partial charge >= 0.3 is 0 Å². The number of para-hydroxylation sites is 1. The largest absolute Gasteiger partial charge is 0.493 e. The minimum absolute atomic E-state index is 0.215. The minimum atomic E-state index is -0.618. The van der Waals surface area contributed by atoms with Gasteiger partial charge in [0.25, 0.3) is 0 Å². The summed E-state index contributed by atoms with van der Waals surface area (Å²) >= 11 is 0. The average Bonchev–Trinajstić information content (AvgIpc) is 2.50. The lowest BCUT2D eigenvalue weighted by Crippen LogP contribution is -2.40. The van der Waals surface area contributed by atoms with E-state index in [2.05, 4.69) is 6.07 Å². The van der Waals surface area contributed by atoms with E-state index in [1.54, 1.807) is 7.11 Å². The van der Waals surface area contributed by atoms with E-state index in [0.717, 1.165) is 30.6 Å². The number of rotatable bonds is 6. The fourth-order valence-corrected chi connectivity index (χ4v) is 3.08. The fraction of sp³-hybridized carbons (Fsp3) is 0.588. The molecular formula is C17H24O3. The molecular weight excluding hydrogens is 252 g/mol. The van der Waals surface area contributed by atoms with Crippen LogP contribution in [-0.4, -0.2) is 25.1 Å². The van der Waals surface area contributed by atoms with Crippen molar-refractivity contribution in [1.82, 2.24) is 0 Å². The Kier molecular flexibility index (Phi) is 4.81. The van der Waals surface area contributed by atoms with Crippen LogP contribution in [0.3, 0.4) is 0 Å². The number of hydrogen-bond acceptors (Lipinski definition) is 3. The number of hydrogen-bond donors (Lipinski definition) is 0. The molecule has 1 aromatic carbocycles. The van der Waals surface area contributed by atoms with Crippen LogP contribution >= 0.6 is 0 Å². The highest BCUT2D eigenvalue weighted by Gasteiger charge is 2.36. The smallest absolute Gasteiger partial charge is 0.165 e. The van der Waals surface area contributed by atoms with Crippen molar-refractivity contribution < 1.29 is 14.3 Å². The van der Waals surface area contributed by atoms with Crippen LogP contribution in [0.1, 0.15) is 51.0 Å². The van der Waals surface area contributed by atoms with Crippen LogP contribution in [0.25, 0.3) is 0 Å². The van der Waals surface area contributed by atoms with Crippen molar-refractivity contribution in [2.75, 3.05) is 13.7 Å². The lowest BCUT2D eigenvalue weighted by Gasteiger charge is -2.32. The Labute approximate surface area is 121 Å². The van der Waals surface area contributed by atoms with Gasteiger partial charge in [0.1, 0.15) is 11.4 Å². The number of methoxy groups -OCH3 is 1. The summed E-state index contributed by atoms with van der Waals surface area (Å²) in [5.74, 6) is 1.39. The number of fused-ring (bicyclic) bond motifs is 1. The summed E-state index contributed by atoms with van der Waals surface area (Å²) in [6.07, 6.45) is 2.89. The topological polar surface area (TPSA) is 35.5 Å². The molecule has 1 aliphatic rings. The van der Waals surface area contributed by atoms with Crippen LogP contribution in [0.4, 0.5) is 0 Å². The SMILES string of the molecule is CCC(CC)(OC)C(=O)CC1CCOc2ccccc21. The molecule has 0 spiro atoms. The van der Waals surface area contributed by atoms with E-state index in [9.17, 15) is 4.79 Å². The van der Waals surface area contributed by atoms with E-state index >= 15 is 0 Å². The Morgan fingerprint density at radius 2 is 2.05 bits per heavy atom. The normalized spacial score (nSPS) is 18.2. The van der Waals surface area contributed by atoms with Crippen molar-refractivity contribution in [3.05, 3.63) is 29.8 Å². The molecule has 1 unspecified atom stereocenters. The van der Waals surface area contributed by atoms with Gasteiger partial charge in [0.05, 0.1) is 6.61 Å². The van der Waals surface area contributed by atoms with E-state index in [1.165, 1.54) is 0 Å². The van der Waals surface area contributed by atoms with Crippen molar-refractivity contribution in [3.63, 3.8) is 0 Å². The summed E-state index contributed by atoms with van der Waals surface area (Å²) in [7, 11) is 1.64. The molecule has 3 heteroatoms. The monoisotopic (exact) mass is 276 g/mol. The van der Waals surface area contributed by atoms with Gasteiger partial charge in [-0.15, -0.1) is 0 Å². The summed E-state index contributed by atoms with van der Waals surface area (Å²) in [6, 6.07) is 8.03. The standard InChI is InChI=1S/C17H24O3/c1-4-17(5-2,19-3)16(18)12-13-10-11-20-15-9-7-6-8-14(13)15/h6-9,13H,4-5,10-12H2,1-3H3. The molecule has 1 heterocycles. The third-order valence-corrected chi connectivity index (χ3v) is 4.56. The van der Waals surface area contributed by atoms with E-state index < -0.39 is 5.60 Å². The Morgan fingerprint density at radius 3 is 2.70 bits per heavy atom. The maximum atomic E-state index is 12.7. The van der Waals surface area contributed by atoms with E-state index in [4.69, 9.17) is 9.47 Å². The molecule has 0 N–H and O–H groups in total. The minimum Gasteiger partial charge on any atom is -0.493 e. The zero-order valence-corrected chi connectivity index (χ0v) is 12.6. The highest BCUT2D eigenvalue weighted by atomic mass is 16.5. The number of ether oxygens (including phenoxy) is 2. The van der Waals surface area contributed by atoms with Gasteiger partial charge in [-0.25, -0.2) is 0 Å². The molecule has 0 aliphatic carbocycles.